The van der Waals surface area contributed by atoms with E-state index in [-0.39, 0.29) is 36.3 Å². The molecule has 1 aromatic carbocycles. The molecule has 8 heteroatoms. The number of nitrogens with one attached hydrogen (secondary N) is 1. The zero-order valence-corrected chi connectivity index (χ0v) is 15.6. The van der Waals surface area contributed by atoms with Crippen molar-refractivity contribution in [1.29, 1.82) is 0 Å². The van der Waals surface area contributed by atoms with Gasteiger partial charge in [-0.1, -0.05) is 0 Å². The Hall–Kier alpha value is -2.77. The summed E-state index contributed by atoms with van der Waals surface area (Å²) in [4.78, 5) is 39.7. The van der Waals surface area contributed by atoms with Gasteiger partial charge in [0.1, 0.15) is 5.75 Å². The lowest BCUT2D eigenvalue weighted by atomic mass is 10.0. The molecule has 2 aliphatic rings. The fourth-order valence-electron chi connectivity index (χ4n) is 3.55. The van der Waals surface area contributed by atoms with Crippen LogP contribution < -0.4 is 15.0 Å². The summed E-state index contributed by atoms with van der Waals surface area (Å²) in [6, 6.07) is 7.25. The number of methoxy groups -OCH3 is 2. The second-order valence-electron chi connectivity index (χ2n) is 6.84. The number of likely N-dealkylation sites (tertiary alicyclic amines) is 1. The Morgan fingerprint density at radius 2 is 1.78 bits per heavy atom. The van der Waals surface area contributed by atoms with Gasteiger partial charge in [0, 0.05) is 37.8 Å². The molecule has 0 aliphatic carbocycles. The smallest absolute Gasteiger partial charge is 0.409 e. The standard InChI is InChI=1S/C19H25N3O5/c1-26-16-5-3-15(4-6-16)22-12-13(11-17(22)23)18(24)20-14-7-9-21(10-8-14)19(25)27-2/h3-6,13-14H,7-12H2,1-2H3,(H,20,24). The molecular formula is C19H25N3O5. The molecule has 146 valence electrons. The topological polar surface area (TPSA) is 88.2 Å². The Bertz CT molecular complexity index is 698. The van der Waals surface area contributed by atoms with E-state index < -0.39 is 0 Å². The van der Waals surface area contributed by atoms with Crippen molar-refractivity contribution >= 4 is 23.6 Å². The average molecular weight is 375 g/mol. The zero-order valence-electron chi connectivity index (χ0n) is 15.6. The van der Waals surface area contributed by atoms with E-state index in [1.54, 1.807) is 29.0 Å². The minimum absolute atomic E-state index is 0.0172. The summed E-state index contributed by atoms with van der Waals surface area (Å²) in [7, 11) is 2.95. The lowest BCUT2D eigenvalue weighted by Gasteiger charge is -2.31. The lowest BCUT2D eigenvalue weighted by molar-refractivity contribution is -0.127. The van der Waals surface area contributed by atoms with Crippen LogP contribution >= 0.6 is 0 Å². The fraction of sp³-hybridized carbons (Fsp3) is 0.526. The van der Waals surface area contributed by atoms with Crippen molar-refractivity contribution in [1.82, 2.24) is 10.2 Å². The average Bonchev–Trinajstić information content (AvgIpc) is 3.10. The molecule has 2 saturated heterocycles. The molecule has 2 fully saturated rings. The predicted molar refractivity (Wildman–Crippen MR) is 98.6 cm³/mol. The normalized spacial score (nSPS) is 20.5. The van der Waals surface area contributed by atoms with Gasteiger partial charge >= 0.3 is 6.09 Å². The van der Waals surface area contributed by atoms with Crippen LogP contribution in [0.2, 0.25) is 0 Å². The SMILES string of the molecule is COC(=O)N1CCC(NC(=O)C2CC(=O)N(c3ccc(OC)cc3)C2)CC1. The van der Waals surface area contributed by atoms with Crippen LogP contribution in [0.25, 0.3) is 0 Å². The third kappa shape index (κ3) is 4.32. The van der Waals surface area contributed by atoms with Crippen molar-refractivity contribution in [2.24, 2.45) is 5.92 Å². The first-order valence-corrected chi connectivity index (χ1v) is 9.09. The van der Waals surface area contributed by atoms with Crippen LogP contribution in [0.4, 0.5) is 10.5 Å². The predicted octanol–water partition coefficient (Wildman–Crippen LogP) is 1.40. The van der Waals surface area contributed by atoms with Gasteiger partial charge in [-0.15, -0.1) is 0 Å². The summed E-state index contributed by atoms with van der Waals surface area (Å²) in [6.45, 7) is 1.48. The van der Waals surface area contributed by atoms with Crippen molar-refractivity contribution in [3.05, 3.63) is 24.3 Å². The van der Waals surface area contributed by atoms with Gasteiger partial charge in [-0.3, -0.25) is 9.59 Å². The second-order valence-corrected chi connectivity index (χ2v) is 6.84. The highest BCUT2D eigenvalue weighted by molar-refractivity contribution is 6.00. The van der Waals surface area contributed by atoms with Gasteiger partial charge in [-0.25, -0.2) is 4.79 Å². The number of carbonyl (C=O) groups excluding carboxylic acids is 3. The number of benzene rings is 1. The number of hydrogen-bond acceptors (Lipinski definition) is 5. The Labute approximate surface area is 158 Å². The van der Waals surface area contributed by atoms with Crippen LogP contribution in [0.5, 0.6) is 5.75 Å². The maximum Gasteiger partial charge on any atom is 0.409 e. The highest BCUT2D eigenvalue weighted by Gasteiger charge is 2.36. The monoisotopic (exact) mass is 375 g/mol. The van der Waals surface area contributed by atoms with E-state index >= 15 is 0 Å². The van der Waals surface area contributed by atoms with E-state index in [1.165, 1.54) is 7.11 Å². The molecule has 2 heterocycles. The van der Waals surface area contributed by atoms with Gasteiger partial charge < -0.3 is 24.6 Å². The Balaban J connectivity index is 1.52. The first-order valence-electron chi connectivity index (χ1n) is 9.09. The number of rotatable bonds is 4. The molecule has 3 rings (SSSR count). The Kier molecular flexibility index (Phi) is 5.83. The van der Waals surface area contributed by atoms with Crippen molar-refractivity contribution in [3.63, 3.8) is 0 Å². The summed E-state index contributed by atoms with van der Waals surface area (Å²) >= 11 is 0. The van der Waals surface area contributed by atoms with E-state index in [0.717, 1.165) is 11.4 Å². The Morgan fingerprint density at radius 3 is 2.37 bits per heavy atom. The van der Waals surface area contributed by atoms with Crippen molar-refractivity contribution in [3.8, 4) is 5.75 Å². The number of ether oxygens (including phenoxy) is 2. The second kappa shape index (κ2) is 8.28. The van der Waals surface area contributed by atoms with Gasteiger partial charge in [-0.2, -0.15) is 0 Å². The molecule has 3 amide bonds. The molecule has 1 atom stereocenters. The first kappa shape index (κ1) is 19.0. The molecule has 0 radical (unpaired) electrons. The number of piperidine rings is 1. The van der Waals surface area contributed by atoms with Crippen LogP contribution in [0.3, 0.4) is 0 Å². The van der Waals surface area contributed by atoms with E-state index in [0.29, 0.717) is 32.5 Å². The van der Waals surface area contributed by atoms with Crippen LogP contribution in [0.15, 0.2) is 24.3 Å². The number of hydrogen-bond donors (Lipinski definition) is 1. The van der Waals surface area contributed by atoms with Gasteiger partial charge in [0.2, 0.25) is 11.8 Å². The molecule has 8 nitrogen and oxygen atoms in total. The molecule has 2 aliphatic heterocycles. The third-order valence-corrected chi connectivity index (χ3v) is 5.15. The van der Waals surface area contributed by atoms with Crippen molar-refractivity contribution in [2.75, 3.05) is 38.8 Å². The summed E-state index contributed by atoms with van der Waals surface area (Å²) in [5.41, 5.74) is 0.766. The molecule has 0 aromatic heterocycles. The minimum atomic E-state index is -0.363. The van der Waals surface area contributed by atoms with E-state index in [9.17, 15) is 14.4 Å². The molecule has 1 aromatic rings. The molecule has 0 spiro atoms. The van der Waals surface area contributed by atoms with Crippen LogP contribution in [0.1, 0.15) is 19.3 Å². The number of anilines is 1. The first-order chi connectivity index (χ1) is 13.0. The number of carbonyl (C=O) groups is 3. The van der Waals surface area contributed by atoms with Gasteiger partial charge in [0.25, 0.3) is 0 Å². The van der Waals surface area contributed by atoms with Crippen LogP contribution in [-0.2, 0) is 14.3 Å². The quantitative estimate of drug-likeness (QED) is 0.859. The Morgan fingerprint density at radius 1 is 1.11 bits per heavy atom. The van der Waals surface area contributed by atoms with E-state index in [2.05, 4.69) is 5.32 Å². The molecule has 0 bridgehead atoms. The lowest BCUT2D eigenvalue weighted by Crippen LogP contribution is -2.48. The maximum atomic E-state index is 12.6. The van der Waals surface area contributed by atoms with Gasteiger partial charge in [0.05, 0.1) is 20.1 Å². The third-order valence-electron chi connectivity index (χ3n) is 5.15. The summed E-state index contributed by atoms with van der Waals surface area (Å²) in [5, 5.41) is 3.03. The number of nitrogens with zero attached hydrogens (tertiary/aromatic N) is 2. The molecular weight excluding hydrogens is 350 g/mol. The highest BCUT2D eigenvalue weighted by Crippen LogP contribution is 2.27. The summed E-state index contributed by atoms with van der Waals surface area (Å²) < 4.78 is 9.85. The molecule has 0 saturated carbocycles. The number of amides is 3. The zero-order chi connectivity index (χ0) is 19.4. The maximum absolute atomic E-state index is 12.6. The van der Waals surface area contributed by atoms with Gasteiger partial charge in [0.15, 0.2) is 0 Å². The molecule has 1 unspecified atom stereocenters. The fourth-order valence-corrected chi connectivity index (χ4v) is 3.55. The largest absolute Gasteiger partial charge is 0.497 e. The van der Waals surface area contributed by atoms with Crippen molar-refractivity contribution in [2.45, 2.75) is 25.3 Å². The van der Waals surface area contributed by atoms with Crippen molar-refractivity contribution < 1.29 is 23.9 Å². The summed E-state index contributed by atoms with van der Waals surface area (Å²) in [5.74, 6) is 0.202. The van der Waals surface area contributed by atoms with E-state index in [4.69, 9.17) is 9.47 Å². The van der Waals surface area contributed by atoms with E-state index in [1.807, 2.05) is 12.1 Å². The van der Waals surface area contributed by atoms with Gasteiger partial charge in [-0.05, 0) is 37.1 Å². The van der Waals surface area contributed by atoms with Crippen LogP contribution in [-0.4, -0.2) is 62.7 Å². The highest BCUT2D eigenvalue weighted by atomic mass is 16.5. The van der Waals surface area contributed by atoms with Crippen LogP contribution in [0, 0.1) is 5.92 Å². The minimum Gasteiger partial charge on any atom is -0.497 e. The molecule has 27 heavy (non-hydrogen) atoms. The molecule has 1 N–H and O–H groups in total. The summed E-state index contributed by atoms with van der Waals surface area (Å²) in [6.07, 6.45) is 1.24.